The Balaban J connectivity index is 1.74. The number of benzene rings is 3. The van der Waals surface area contributed by atoms with Gasteiger partial charge in [-0.2, -0.15) is 5.10 Å². The molecule has 0 heterocycles. The first-order chi connectivity index (χ1) is 15.3. The molecule has 3 aromatic rings. The number of carbonyl (C=O) groups is 2. The first-order valence-corrected chi connectivity index (χ1v) is 10.7. The Morgan fingerprint density at radius 3 is 2.38 bits per heavy atom. The van der Waals surface area contributed by atoms with Crippen LogP contribution < -0.4 is 14.9 Å². The molecule has 0 aliphatic rings. The molecular weight excluding hydrogens is 496 g/mol. The van der Waals surface area contributed by atoms with Crippen LogP contribution in [0.5, 0.6) is 11.5 Å². The van der Waals surface area contributed by atoms with Crippen LogP contribution >= 0.6 is 27.5 Å². The van der Waals surface area contributed by atoms with Gasteiger partial charge < -0.3 is 9.47 Å². The fourth-order valence-electron chi connectivity index (χ4n) is 2.78. The Morgan fingerprint density at radius 2 is 1.72 bits per heavy atom. The molecule has 1 amide bonds. The number of hydrogen-bond acceptors (Lipinski definition) is 5. The van der Waals surface area contributed by atoms with Crippen molar-refractivity contribution in [1.29, 1.82) is 0 Å². The number of ether oxygens (including phenoxy) is 2. The van der Waals surface area contributed by atoms with Crippen molar-refractivity contribution >= 4 is 45.6 Å². The predicted octanol–water partition coefficient (Wildman–Crippen LogP) is 5.71. The van der Waals surface area contributed by atoms with E-state index >= 15 is 0 Å². The highest BCUT2D eigenvalue weighted by molar-refractivity contribution is 9.10. The van der Waals surface area contributed by atoms with Crippen molar-refractivity contribution < 1.29 is 19.1 Å². The summed E-state index contributed by atoms with van der Waals surface area (Å²) in [6, 6.07) is 15.5. The largest absolute Gasteiger partial charge is 0.493 e. The number of amides is 1. The topological polar surface area (TPSA) is 77.0 Å². The van der Waals surface area contributed by atoms with Gasteiger partial charge >= 0.3 is 5.97 Å². The van der Waals surface area contributed by atoms with E-state index in [2.05, 4.69) is 26.5 Å². The average molecular weight is 516 g/mol. The number of hydrazone groups is 1. The second-order valence-corrected chi connectivity index (χ2v) is 8.23. The maximum Gasteiger partial charge on any atom is 0.343 e. The molecule has 0 bridgehead atoms. The molecule has 1 N–H and O–H groups in total. The van der Waals surface area contributed by atoms with Crippen LogP contribution in [0.2, 0.25) is 5.02 Å². The molecular formula is C24H20BrClN2O4. The number of esters is 1. The Labute approximate surface area is 199 Å². The summed E-state index contributed by atoms with van der Waals surface area (Å²) in [5.74, 6) is -0.367. The monoisotopic (exact) mass is 514 g/mol. The van der Waals surface area contributed by atoms with Crippen LogP contribution in [0.25, 0.3) is 0 Å². The van der Waals surface area contributed by atoms with E-state index < -0.39 is 11.9 Å². The van der Waals surface area contributed by atoms with E-state index in [-0.39, 0.29) is 5.75 Å². The van der Waals surface area contributed by atoms with Crippen LogP contribution in [-0.2, 0) is 0 Å². The molecule has 164 valence electrons. The van der Waals surface area contributed by atoms with Crippen LogP contribution in [0.1, 0.15) is 37.4 Å². The summed E-state index contributed by atoms with van der Waals surface area (Å²) in [5.41, 5.74) is 5.80. The number of nitrogens with zero attached hydrogens (tertiary/aromatic N) is 1. The number of aryl methyl sites for hydroxylation is 2. The molecule has 8 heteroatoms. The lowest BCUT2D eigenvalue weighted by Crippen LogP contribution is -2.18. The van der Waals surface area contributed by atoms with Crippen LogP contribution in [0.15, 0.2) is 64.2 Å². The minimum atomic E-state index is -0.507. The number of hydrogen-bond donors (Lipinski definition) is 1. The van der Waals surface area contributed by atoms with Gasteiger partial charge in [-0.25, -0.2) is 10.2 Å². The van der Waals surface area contributed by atoms with Crippen molar-refractivity contribution in [3.05, 3.63) is 91.9 Å². The predicted molar refractivity (Wildman–Crippen MR) is 128 cm³/mol. The molecule has 3 rings (SSSR count). The lowest BCUT2D eigenvalue weighted by atomic mass is 10.1. The highest BCUT2D eigenvalue weighted by Gasteiger charge is 2.17. The van der Waals surface area contributed by atoms with E-state index in [1.54, 1.807) is 42.5 Å². The summed E-state index contributed by atoms with van der Waals surface area (Å²) in [4.78, 5) is 24.8. The third-order valence-corrected chi connectivity index (χ3v) is 5.38. The smallest absolute Gasteiger partial charge is 0.343 e. The van der Waals surface area contributed by atoms with Crippen LogP contribution in [0.4, 0.5) is 0 Å². The van der Waals surface area contributed by atoms with E-state index in [9.17, 15) is 9.59 Å². The normalized spacial score (nSPS) is 10.8. The standard InChI is InChI=1S/C24H20BrClN2O4/c1-14-4-7-17(8-5-14)24(30)32-22-19(25)11-16(12-21(22)31-3)13-27-28-23(29)18-9-6-15(2)10-20(18)26/h4-13H,1-3H3,(H,28,29). The number of carbonyl (C=O) groups excluding carboxylic acids is 2. The van der Waals surface area contributed by atoms with Crippen molar-refractivity contribution in [3.8, 4) is 11.5 Å². The van der Waals surface area contributed by atoms with Gasteiger partial charge in [0.05, 0.1) is 33.9 Å². The van der Waals surface area contributed by atoms with E-state index in [0.29, 0.717) is 31.9 Å². The summed E-state index contributed by atoms with van der Waals surface area (Å²) in [5, 5.41) is 4.33. The molecule has 0 atom stereocenters. The van der Waals surface area contributed by atoms with Gasteiger partial charge in [0.15, 0.2) is 11.5 Å². The summed E-state index contributed by atoms with van der Waals surface area (Å²) in [6.07, 6.45) is 1.44. The second kappa shape index (κ2) is 10.4. The molecule has 0 aromatic heterocycles. The molecule has 6 nitrogen and oxygen atoms in total. The van der Waals surface area contributed by atoms with Crippen molar-refractivity contribution in [1.82, 2.24) is 5.43 Å². The number of methoxy groups -OCH3 is 1. The molecule has 0 saturated carbocycles. The van der Waals surface area contributed by atoms with Gasteiger partial charge in [-0.05, 0) is 77.3 Å². The first kappa shape index (κ1) is 23.5. The highest BCUT2D eigenvalue weighted by atomic mass is 79.9. The maximum atomic E-state index is 12.5. The third kappa shape index (κ3) is 5.75. The van der Waals surface area contributed by atoms with Gasteiger partial charge in [0, 0.05) is 0 Å². The Bertz CT molecular complexity index is 1190. The molecule has 3 aromatic carbocycles. The number of nitrogens with one attached hydrogen (secondary N) is 1. The van der Waals surface area contributed by atoms with Crippen molar-refractivity contribution in [2.24, 2.45) is 5.10 Å². The molecule has 0 aliphatic heterocycles. The van der Waals surface area contributed by atoms with Gasteiger partial charge in [-0.1, -0.05) is 35.4 Å². The molecule has 0 saturated heterocycles. The summed E-state index contributed by atoms with van der Waals surface area (Å²) in [6.45, 7) is 3.82. The number of rotatable bonds is 6. The van der Waals surface area contributed by atoms with Crippen LogP contribution in [-0.4, -0.2) is 25.2 Å². The Hall–Kier alpha value is -3.16. The van der Waals surface area contributed by atoms with Crippen molar-refractivity contribution in [2.45, 2.75) is 13.8 Å². The van der Waals surface area contributed by atoms with Gasteiger partial charge in [0.25, 0.3) is 5.91 Å². The molecule has 0 spiro atoms. The molecule has 0 aliphatic carbocycles. The molecule has 0 unspecified atom stereocenters. The quantitative estimate of drug-likeness (QED) is 0.197. The zero-order valence-electron chi connectivity index (χ0n) is 17.6. The van der Waals surface area contributed by atoms with E-state index in [1.165, 1.54) is 13.3 Å². The number of halogens is 2. The maximum absolute atomic E-state index is 12.5. The highest BCUT2D eigenvalue weighted by Crippen LogP contribution is 2.36. The van der Waals surface area contributed by atoms with E-state index in [1.807, 2.05) is 26.0 Å². The minimum Gasteiger partial charge on any atom is -0.493 e. The van der Waals surface area contributed by atoms with Crippen molar-refractivity contribution in [3.63, 3.8) is 0 Å². The Kier molecular flexibility index (Phi) is 7.66. The van der Waals surface area contributed by atoms with E-state index in [4.69, 9.17) is 21.1 Å². The third-order valence-electron chi connectivity index (χ3n) is 4.48. The molecule has 32 heavy (non-hydrogen) atoms. The lowest BCUT2D eigenvalue weighted by molar-refractivity contribution is 0.0728. The zero-order chi connectivity index (χ0) is 23.3. The SMILES string of the molecule is COc1cc(C=NNC(=O)c2ccc(C)cc2Cl)cc(Br)c1OC(=O)c1ccc(C)cc1. The van der Waals surface area contributed by atoms with Gasteiger partial charge in [-0.3, -0.25) is 4.79 Å². The van der Waals surface area contributed by atoms with E-state index in [0.717, 1.165) is 11.1 Å². The van der Waals surface area contributed by atoms with Gasteiger partial charge in [-0.15, -0.1) is 0 Å². The van der Waals surface area contributed by atoms with Gasteiger partial charge in [0.1, 0.15) is 0 Å². The molecule has 0 fully saturated rings. The van der Waals surface area contributed by atoms with Crippen LogP contribution in [0, 0.1) is 13.8 Å². The lowest BCUT2D eigenvalue weighted by Gasteiger charge is -2.12. The fourth-order valence-corrected chi connectivity index (χ4v) is 3.65. The minimum absolute atomic E-state index is 0.241. The van der Waals surface area contributed by atoms with Gasteiger partial charge in [0.2, 0.25) is 0 Å². The summed E-state index contributed by atoms with van der Waals surface area (Å²) >= 11 is 9.52. The fraction of sp³-hybridized carbons (Fsp3) is 0.125. The summed E-state index contributed by atoms with van der Waals surface area (Å²) < 4.78 is 11.4. The second-order valence-electron chi connectivity index (χ2n) is 6.97. The Morgan fingerprint density at radius 1 is 1.03 bits per heavy atom. The average Bonchev–Trinajstić information content (AvgIpc) is 2.75. The van der Waals surface area contributed by atoms with Crippen LogP contribution in [0.3, 0.4) is 0 Å². The van der Waals surface area contributed by atoms with Crippen molar-refractivity contribution in [2.75, 3.05) is 7.11 Å². The molecule has 0 radical (unpaired) electrons. The first-order valence-electron chi connectivity index (χ1n) is 9.54. The zero-order valence-corrected chi connectivity index (χ0v) is 20.0. The summed E-state index contributed by atoms with van der Waals surface area (Å²) in [7, 11) is 1.47.